The molecule has 0 atom stereocenters. The van der Waals surface area contributed by atoms with Crippen molar-refractivity contribution in [3.05, 3.63) is 0 Å². The Hall–Kier alpha value is 4.50. The van der Waals surface area contributed by atoms with Crippen molar-refractivity contribution in [1.29, 1.82) is 0 Å². The van der Waals surface area contributed by atoms with Gasteiger partial charge in [-0.15, -0.1) is 0 Å². The minimum atomic E-state index is 0. The van der Waals surface area contributed by atoms with Gasteiger partial charge in [-0.3, -0.25) is 0 Å². The van der Waals surface area contributed by atoms with Crippen molar-refractivity contribution in [2.24, 2.45) is 0 Å². The van der Waals surface area contributed by atoms with Crippen molar-refractivity contribution in [3.63, 3.8) is 0 Å². The van der Waals surface area contributed by atoms with E-state index in [0.29, 0.717) is 0 Å². The average molecular weight is 400 g/mol. The van der Waals surface area contributed by atoms with Crippen molar-refractivity contribution in [3.8, 4) is 0 Å². The van der Waals surface area contributed by atoms with Crippen molar-refractivity contribution in [1.82, 2.24) is 0 Å². The molecule has 0 aliphatic heterocycles. The van der Waals surface area contributed by atoms with Crippen molar-refractivity contribution >= 4 is 59.1 Å². The third kappa shape index (κ3) is 249. The molecule has 15 heteroatoms. The number of rotatable bonds is 0. The molecule has 0 saturated carbocycles. The monoisotopic (exact) mass is 400 g/mol. The maximum Gasteiger partial charge on any atom is 0 e. The zero-order chi connectivity index (χ0) is 0. The molecule has 0 aliphatic carbocycles. The molecule has 0 aromatic heterocycles. The summed E-state index contributed by atoms with van der Waals surface area (Å²) in [4.78, 5) is 0. The Morgan fingerprint density at radius 1 is 0.200 bits per heavy atom. The molecule has 18 N–H and O–H groups in total. The van der Waals surface area contributed by atoms with Gasteiger partial charge < -0.3 is 49.3 Å². The Labute approximate surface area is 192 Å². The van der Waals surface area contributed by atoms with Crippen LogP contribution in [0.2, 0.25) is 0 Å². The van der Waals surface area contributed by atoms with Gasteiger partial charge >= 0.3 is 0 Å². The van der Waals surface area contributed by atoms with E-state index in [0.717, 1.165) is 0 Å². The van der Waals surface area contributed by atoms with Gasteiger partial charge in [0.25, 0.3) is 0 Å². The molecule has 90 valence electrons. The van der Waals surface area contributed by atoms with Crippen LogP contribution < -0.4 is 0 Å². The van der Waals surface area contributed by atoms with Crippen LogP contribution in [0.25, 0.3) is 0 Å². The minimum Gasteiger partial charge on any atom is -0.412 e. The third-order valence-corrected chi connectivity index (χ3v) is 0. The first-order valence-corrected chi connectivity index (χ1v) is 0. The predicted molar refractivity (Wildman–Crippen MR) is 44.0 cm³/mol. The van der Waals surface area contributed by atoms with Crippen molar-refractivity contribution in [2.45, 2.75) is 0 Å². The Balaban J connectivity index is 0. The summed E-state index contributed by atoms with van der Waals surface area (Å²) in [6.45, 7) is 0. The summed E-state index contributed by atoms with van der Waals surface area (Å²) in [5, 5.41) is 0. The normalized spacial score (nSPS) is 0. The summed E-state index contributed by atoms with van der Waals surface area (Å²) in [7, 11) is 0. The fourth-order valence-corrected chi connectivity index (χ4v) is 0. The van der Waals surface area contributed by atoms with Crippen LogP contribution in [0, 0.1) is 0 Å². The van der Waals surface area contributed by atoms with Crippen LogP contribution >= 0.6 is 0 Å². The van der Waals surface area contributed by atoms with Gasteiger partial charge in [-0.25, -0.2) is 0 Å². The van der Waals surface area contributed by atoms with Crippen LogP contribution in [-0.4, -0.2) is 108 Å². The predicted octanol–water partition coefficient (Wildman–Crippen LogP) is -8.19. The van der Waals surface area contributed by atoms with E-state index in [2.05, 4.69) is 0 Å². The molecule has 0 saturated heterocycles. The van der Waals surface area contributed by atoms with E-state index >= 15 is 0 Å². The largest absolute Gasteiger partial charge is 0.412 e. The molecule has 0 rings (SSSR count). The van der Waals surface area contributed by atoms with Crippen LogP contribution in [0.1, 0.15) is 0 Å². The zero-order valence-electron chi connectivity index (χ0n) is 8.50. The molecule has 0 aromatic carbocycles. The van der Waals surface area contributed by atoms with Gasteiger partial charge in [0.05, 0.1) is 0 Å². The summed E-state index contributed by atoms with van der Waals surface area (Å²) in [6.07, 6.45) is 0. The molecule has 0 aromatic rings. The molecule has 0 amide bonds. The maximum absolute atomic E-state index is 0. The molecule has 0 aliphatic rings. The Kier molecular flexibility index (Phi) is 6160. The first kappa shape index (κ1) is 330. The Bertz CT molecular complexity index is 20.1. The van der Waals surface area contributed by atoms with Crippen LogP contribution in [0.15, 0.2) is 0 Å². The van der Waals surface area contributed by atoms with E-state index in [1.165, 1.54) is 0 Å². The summed E-state index contributed by atoms with van der Waals surface area (Å²) in [5.41, 5.74) is 0. The number of hydrogen-bond donors (Lipinski definition) is 0. The van der Waals surface area contributed by atoms with Gasteiger partial charge in [0, 0.05) is 146 Å². The zero-order valence-corrected chi connectivity index (χ0v) is 18.7. The third-order valence-electron chi connectivity index (χ3n) is 0. The molecule has 15 heavy (non-hydrogen) atoms. The summed E-state index contributed by atoms with van der Waals surface area (Å²) in [5.74, 6) is 0. The molecule has 0 spiro atoms. The van der Waals surface area contributed by atoms with E-state index < -0.39 is 0 Å². The van der Waals surface area contributed by atoms with Crippen molar-refractivity contribution in [2.75, 3.05) is 0 Å². The van der Waals surface area contributed by atoms with Gasteiger partial charge in [0.2, 0.25) is 0 Å². The van der Waals surface area contributed by atoms with Crippen molar-refractivity contribution < 1.29 is 136 Å². The van der Waals surface area contributed by atoms with Gasteiger partial charge in [0.15, 0.2) is 0 Å². The van der Waals surface area contributed by atoms with E-state index in [9.17, 15) is 0 Å². The second kappa shape index (κ2) is 280. The Morgan fingerprint density at radius 2 is 0.200 bits per heavy atom. The average Bonchev–Trinajstić information content (AvgIpc) is 0. The molecule has 0 bridgehead atoms. The number of hydrogen-bond acceptors (Lipinski definition) is 0. The molecular formula is H18Na2O9Ti4. The minimum absolute atomic E-state index is 0. The van der Waals surface area contributed by atoms with E-state index in [1.54, 1.807) is 0 Å². The second-order valence-corrected chi connectivity index (χ2v) is 0. The van der Waals surface area contributed by atoms with Crippen LogP contribution in [0.4, 0.5) is 0 Å². The van der Waals surface area contributed by atoms with Gasteiger partial charge in [0.1, 0.15) is 0 Å². The van der Waals surface area contributed by atoms with Crippen LogP contribution in [0.5, 0.6) is 0 Å². The quantitative estimate of drug-likeness (QED) is 0.343. The fourth-order valence-electron chi connectivity index (χ4n) is 0. The van der Waals surface area contributed by atoms with Gasteiger partial charge in [-0.2, -0.15) is 0 Å². The molecule has 0 unspecified atom stereocenters. The van der Waals surface area contributed by atoms with Crippen LogP contribution in [0.3, 0.4) is 0 Å². The SMILES string of the molecule is O.O.O.O.O.O.O.O.O.[Na].[Na].[Ti].[Ti].[Ti].[Ti]. The molecule has 0 heterocycles. The van der Waals surface area contributed by atoms with E-state index in [1.807, 2.05) is 0 Å². The molecule has 0 fully saturated rings. The topological polar surface area (TPSA) is 284 Å². The Morgan fingerprint density at radius 3 is 0.200 bits per heavy atom. The summed E-state index contributed by atoms with van der Waals surface area (Å²) in [6, 6.07) is 0. The maximum atomic E-state index is 0. The molecule has 2 radical (unpaired) electrons. The van der Waals surface area contributed by atoms with Gasteiger partial charge in [-0.1, -0.05) is 0 Å². The second-order valence-electron chi connectivity index (χ2n) is 0. The smallest absolute Gasteiger partial charge is 0 e. The first-order valence-electron chi connectivity index (χ1n) is 0. The summed E-state index contributed by atoms with van der Waals surface area (Å²) < 4.78 is 0. The standard InChI is InChI=1S/2Na.9H2O.4Ti/h;;9*1H2;;;;. The fraction of sp³-hybridized carbons (Fsp3) is 0. The summed E-state index contributed by atoms with van der Waals surface area (Å²) >= 11 is 0. The van der Waals surface area contributed by atoms with Gasteiger partial charge in [-0.05, 0) is 0 Å². The molecule has 9 nitrogen and oxygen atoms in total. The van der Waals surface area contributed by atoms with E-state index in [4.69, 9.17) is 0 Å². The molecular weight excluding hydrogens is 381 g/mol. The van der Waals surface area contributed by atoms with Crippen LogP contribution in [-0.2, 0) is 86.9 Å². The van der Waals surface area contributed by atoms with E-state index in [-0.39, 0.29) is 195 Å². The first-order chi connectivity index (χ1) is 0.